The molecule has 7 nitrogen and oxygen atoms in total. The molecular weight excluding hydrogens is 262 g/mol. The molecule has 18 heavy (non-hydrogen) atoms. The van der Waals surface area contributed by atoms with Gasteiger partial charge in [-0.2, -0.15) is 13.1 Å². The Morgan fingerprint density at radius 3 is 1.94 bits per heavy atom. The van der Waals surface area contributed by atoms with E-state index in [1.165, 1.54) is 12.8 Å². The van der Waals surface area contributed by atoms with Gasteiger partial charge in [-0.1, -0.05) is 19.8 Å². The molecule has 3 N–H and O–H groups in total. The van der Waals surface area contributed by atoms with Crippen LogP contribution in [0.25, 0.3) is 0 Å². The molecule has 0 aliphatic heterocycles. The summed E-state index contributed by atoms with van der Waals surface area (Å²) < 4.78 is 31.9. The lowest BCUT2D eigenvalue weighted by Crippen LogP contribution is -2.50. The van der Waals surface area contributed by atoms with E-state index in [0.29, 0.717) is 4.65 Å². The van der Waals surface area contributed by atoms with Gasteiger partial charge in [0.05, 0.1) is 0 Å². The van der Waals surface area contributed by atoms with Crippen LogP contribution in [0, 0.1) is 0 Å². The van der Waals surface area contributed by atoms with E-state index in [1.807, 2.05) is 14.0 Å². The van der Waals surface area contributed by atoms with Crippen LogP contribution in [0.5, 0.6) is 0 Å². The normalized spacial score (nSPS) is 16.4. The van der Waals surface area contributed by atoms with Gasteiger partial charge < -0.3 is 5.11 Å². The Hall–Kier alpha value is -0.250. The second-order valence-corrected chi connectivity index (χ2v) is 5.01. The molecule has 2 atom stereocenters. The monoisotopic (exact) mass is 288 g/mol. The lowest BCUT2D eigenvalue weighted by molar-refractivity contribution is -1.12. The van der Waals surface area contributed by atoms with Gasteiger partial charge in [-0.25, -0.2) is 4.84 Å². The SMILES string of the molecule is CCCCCO[N+](C)(CC)C(C)O.O=S(=O)(O)O. The van der Waals surface area contributed by atoms with Crippen molar-refractivity contribution in [2.24, 2.45) is 0 Å². The van der Waals surface area contributed by atoms with E-state index in [4.69, 9.17) is 22.4 Å². The Kier molecular flexibility index (Phi) is 10.8. The Morgan fingerprint density at radius 2 is 1.67 bits per heavy atom. The lowest BCUT2D eigenvalue weighted by atomic mass is 10.3. The number of aliphatic hydroxyl groups is 1. The quantitative estimate of drug-likeness (QED) is 0.214. The van der Waals surface area contributed by atoms with Gasteiger partial charge in [-0.05, 0) is 13.3 Å². The minimum absolute atomic E-state index is 0.295. The highest BCUT2D eigenvalue weighted by atomic mass is 32.3. The van der Waals surface area contributed by atoms with Crippen molar-refractivity contribution in [2.75, 3.05) is 20.2 Å². The van der Waals surface area contributed by atoms with Crippen molar-refractivity contribution in [3.63, 3.8) is 0 Å². The molecule has 0 aliphatic carbocycles. The van der Waals surface area contributed by atoms with Crippen LogP contribution in [-0.2, 0) is 15.2 Å². The fourth-order valence-corrected chi connectivity index (χ4v) is 1.09. The Balaban J connectivity index is 0. The third kappa shape index (κ3) is 13.8. The average Bonchev–Trinajstić information content (AvgIpc) is 2.21. The topological polar surface area (TPSA) is 104 Å². The number of rotatable bonds is 7. The summed E-state index contributed by atoms with van der Waals surface area (Å²) in [6, 6.07) is 0. The number of unbranched alkanes of at least 4 members (excludes halogenated alkanes) is 2. The van der Waals surface area contributed by atoms with E-state index in [1.54, 1.807) is 6.92 Å². The molecule has 112 valence electrons. The summed E-state index contributed by atoms with van der Waals surface area (Å²) >= 11 is 0. The second kappa shape index (κ2) is 9.65. The van der Waals surface area contributed by atoms with Crippen molar-refractivity contribution in [1.29, 1.82) is 0 Å². The van der Waals surface area contributed by atoms with Gasteiger partial charge in [0, 0.05) is 6.92 Å². The molecule has 0 fully saturated rings. The van der Waals surface area contributed by atoms with Crippen LogP contribution >= 0.6 is 0 Å². The highest BCUT2D eigenvalue weighted by molar-refractivity contribution is 7.79. The zero-order valence-corrected chi connectivity index (χ0v) is 12.4. The zero-order chi connectivity index (χ0) is 14.8. The molecule has 0 spiro atoms. The molecule has 0 aromatic heterocycles. The largest absolute Gasteiger partial charge is 0.394 e. The second-order valence-electron chi connectivity index (χ2n) is 4.11. The minimum Gasteiger partial charge on any atom is -0.343 e. The zero-order valence-electron chi connectivity index (χ0n) is 11.5. The van der Waals surface area contributed by atoms with E-state index in [0.717, 1.165) is 19.6 Å². The predicted octanol–water partition coefficient (Wildman–Crippen LogP) is 1.26. The number of aliphatic hydroxyl groups excluding tert-OH is 1. The van der Waals surface area contributed by atoms with Gasteiger partial charge in [0.2, 0.25) is 6.23 Å². The first-order valence-corrected chi connectivity index (χ1v) is 7.34. The molecule has 2 unspecified atom stereocenters. The van der Waals surface area contributed by atoms with E-state index >= 15 is 0 Å². The van der Waals surface area contributed by atoms with Crippen LogP contribution < -0.4 is 0 Å². The van der Waals surface area contributed by atoms with E-state index in [9.17, 15) is 5.11 Å². The molecule has 0 aromatic rings. The van der Waals surface area contributed by atoms with Crippen LogP contribution in [0.3, 0.4) is 0 Å². The van der Waals surface area contributed by atoms with E-state index in [-0.39, 0.29) is 0 Å². The molecule has 0 aliphatic rings. The van der Waals surface area contributed by atoms with Crippen LogP contribution in [0.1, 0.15) is 40.0 Å². The van der Waals surface area contributed by atoms with Crippen molar-refractivity contribution in [2.45, 2.75) is 46.3 Å². The molecule has 0 saturated carbocycles. The third-order valence-corrected chi connectivity index (χ3v) is 2.55. The maximum absolute atomic E-state index is 9.48. The lowest BCUT2D eigenvalue weighted by Gasteiger charge is -2.32. The van der Waals surface area contributed by atoms with Crippen molar-refractivity contribution >= 4 is 10.4 Å². The van der Waals surface area contributed by atoms with Gasteiger partial charge in [0.15, 0.2) is 0 Å². The van der Waals surface area contributed by atoms with Crippen molar-refractivity contribution in [3.8, 4) is 0 Å². The van der Waals surface area contributed by atoms with Crippen LogP contribution in [-0.4, -0.2) is 53.7 Å². The van der Waals surface area contributed by atoms with E-state index in [2.05, 4.69) is 6.92 Å². The van der Waals surface area contributed by atoms with Crippen molar-refractivity contribution in [3.05, 3.63) is 0 Å². The molecule has 0 heterocycles. The standard InChI is InChI=1S/C10H24NO2.H2O4S/c1-5-7-8-9-13-11(4,6-2)10(3)12;1-5(2,3)4/h10,12H,5-9H2,1-4H3;(H2,1,2,3,4)/q+1;. The molecule has 0 radical (unpaired) electrons. The predicted molar refractivity (Wildman–Crippen MR) is 68.1 cm³/mol. The number of hydroxylamine groups is 3. The molecule has 0 bridgehead atoms. The summed E-state index contributed by atoms with van der Waals surface area (Å²) in [5.41, 5.74) is 0. The Labute approximate surface area is 109 Å². The van der Waals surface area contributed by atoms with Gasteiger partial charge in [0.25, 0.3) is 0 Å². The number of hydrogen-bond donors (Lipinski definition) is 3. The van der Waals surface area contributed by atoms with Crippen molar-refractivity contribution in [1.82, 2.24) is 0 Å². The fraction of sp³-hybridized carbons (Fsp3) is 1.00. The summed E-state index contributed by atoms with van der Waals surface area (Å²) in [5.74, 6) is 0. The van der Waals surface area contributed by atoms with Gasteiger partial charge in [0.1, 0.15) is 20.2 Å². The third-order valence-electron chi connectivity index (χ3n) is 2.55. The molecule has 0 aromatic carbocycles. The van der Waals surface area contributed by atoms with Crippen LogP contribution in [0.4, 0.5) is 0 Å². The minimum atomic E-state index is -4.67. The van der Waals surface area contributed by atoms with Crippen LogP contribution in [0.2, 0.25) is 0 Å². The highest BCUT2D eigenvalue weighted by Crippen LogP contribution is 2.09. The molecule has 0 amide bonds. The molecule has 0 saturated heterocycles. The molecule has 0 rings (SSSR count). The Bertz CT molecular complexity index is 285. The maximum Gasteiger partial charge on any atom is 0.394 e. The summed E-state index contributed by atoms with van der Waals surface area (Å²) in [6.45, 7) is 7.49. The smallest absolute Gasteiger partial charge is 0.343 e. The summed E-state index contributed by atoms with van der Waals surface area (Å²) in [4.78, 5) is 5.63. The fourth-order valence-electron chi connectivity index (χ4n) is 1.09. The summed E-state index contributed by atoms with van der Waals surface area (Å²) in [6.07, 6.45) is 3.03. The average molecular weight is 288 g/mol. The first-order valence-electron chi connectivity index (χ1n) is 5.94. The number of nitrogens with zero attached hydrogens (tertiary/aromatic N) is 1. The Morgan fingerprint density at radius 1 is 1.22 bits per heavy atom. The first kappa shape index (κ1) is 20.1. The van der Waals surface area contributed by atoms with E-state index < -0.39 is 16.6 Å². The van der Waals surface area contributed by atoms with Crippen molar-refractivity contribution < 1.29 is 32.1 Å². The summed E-state index contributed by atoms with van der Waals surface area (Å²) in [5, 5.41) is 9.48. The molecule has 8 heteroatoms. The summed E-state index contributed by atoms with van der Waals surface area (Å²) in [7, 11) is -2.75. The van der Waals surface area contributed by atoms with Gasteiger partial charge in [-0.3, -0.25) is 9.11 Å². The molecular formula is C10H26NO6S+. The van der Waals surface area contributed by atoms with Gasteiger partial charge in [-0.15, -0.1) is 0 Å². The number of hydrogen-bond acceptors (Lipinski definition) is 4. The van der Waals surface area contributed by atoms with Gasteiger partial charge >= 0.3 is 10.4 Å². The van der Waals surface area contributed by atoms with Crippen LogP contribution in [0.15, 0.2) is 0 Å². The first-order chi connectivity index (χ1) is 8.06. The maximum atomic E-state index is 9.48. The number of quaternary nitrogens is 1. The highest BCUT2D eigenvalue weighted by Gasteiger charge is 2.27.